The van der Waals surface area contributed by atoms with E-state index in [-0.39, 0.29) is 24.3 Å². The number of aliphatic carboxylic acids is 1. The lowest BCUT2D eigenvalue weighted by molar-refractivity contribution is -0.131. The third kappa shape index (κ3) is 9.08. The standard InChI is InChI=1S/C35H44N5O3/c1-2-3-4-5-6-7-9-30-27(14-13-26-19-25-12-11-24(15-17-41)18-28(25)20-31(26)30)21-32(40-33-10-8-16-38-33)29(22-34(42)43)23-39-35(36)37/h8,10-14,16-20,22,27,30,32,38H,2-7,9,15,21,23H2,1H3,(H,42,43)(H4,36,37,39)/q-1/b29-22+/t27-,30-,32+/m0/s1. The Morgan fingerprint density at radius 1 is 1.09 bits per heavy atom. The first-order chi connectivity index (χ1) is 20.9. The molecule has 0 bridgehead atoms. The van der Waals surface area contributed by atoms with Gasteiger partial charge in [0.25, 0.3) is 0 Å². The smallest absolute Gasteiger partial charge is 0.328 e. The van der Waals surface area contributed by atoms with Crippen molar-refractivity contribution in [2.75, 3.05) is 6.54 Å². The molecule has 228 valence electrons. The number of hydrogen-bond donors (Lipinski definition) is 4. The Labute approximate surface area is 254 Å². The largest absolute Gasteiger partial charge is 0.478 e. The average molecular weight is 583 g/mol. The number of aliphatic imine (C=N–C) groups is 1. The first-order valence-corrected chi connectivity index (χ1v) is 15.4. The summed E-state index contributed by atoms with van der Waals surface area (Å²) < 4.78 is 0. The van der Waals surface area contributed by atoms with Crippen LogP contribution in [0.5, 0.6) is 0 Å². The maximum atomic E-state index is 11.9. The molecular weight excluding hydrogens is 538 g/mol. The van der Waals surface area contributed by atoms with Gasteiger partial charge in [-0.15, -0.1) is 0 Å². The van der Waals surface area contributed by atoms with Gasteiger partial charge in [-0.2, -0.15) is 0 Å². The van der Waals surface area contributed by atoms with Gasteiger partial charge in [0.2, 0.25) is 0 Å². The number of guanidine groups is 1. The Kier molecular flexibility index (Phi) is 11.6. The van der Waals surface area contributed by atoms with E-state index in [9.17, 15) is 14.7 Å². The number of nitrogens with zero attached hydrogens (tertiary/aromatic N) is 2. The van der Waals surface area contributed by atoms with Crippen molar-refractivity contribution in [3.8, 4) is 0 Å². The van der Waals surface area contributed by atoms with Crippen LogP contribution in [0.1, 0.15) is 80.9 Å². The van der Waals surface area contributed by atoms with Crippen LogP contribution in [0.15, 0.2) is 71.4 Å². The first kappa shape index (κ1) is 31.6. The van der Waals surface area contributed by atoms with E-state index in [1.807, 2.05) is 18.2 Å². The molecule has 8 heteroatoms. The summed E-state index contributed by atoms with van der Waals surface area (Å²) in [4.78, 5) is 30.3. The molecule has 1 heterocycles. The fraction of sp³-hybridized carbons (Fsp3) is 0.400. The molecule has 1 aliphatic rings. The van der Waals surface area contributed by atoms with E-state index in [1.165, 1.54) is 49.3 Å². The lowest BCUT2D eigenvalue weighted by Crippen LogP contribution is -2.26. The number of carboxylic acids is 1. The maximum absolute atomic E-state index is 11.9. The van der Waals surface area contributed by atoms with Crippen LogP contribution < -0.4 is 11.5 Å². The number of carbonyl (C=O) groups excluding carboxylic acids is 1. The highest BCUT2D eigenvalue weighted by Gasteiger charge is 2.29. The van der Waals surface area contributed by atoms with Gasteiger partial charge in [0.05, 0.1) is 6.54 Å². The Hall–Kier alpha value is -4.33. The molecule has 8 nitrogen and oxygen atoms in total. The molecule has 0 amide bonds. The SMILES string of the molecule is CCCCCCCC[C@@H]1c2cc3cc(CC=O)ccc3cc2C=C[C@H]1C[C@@H]([N-]c1ccc[nH]1)/C(=C/C(=O)O)CN=C(N)N. The van der Waals surface area contributed by atoms with Crippen LogP contribution in [-0.2, 0) is 16.0 Å². The number of unbranched alkanes of at least 4 members (excludes halogenated alkanes) is 5. The fourth-order valence-corrected chi connectivity index (χ4v) is 6.12. The molecule has 1 aliphatic carbocycles. The van der Waals surface area contributed by atoms with Crippen LogP contribution in [0.3, 0.4) is 0 Å². The molecule has 3 aromatic rings. The number of nitrogens with two attached hydrogens (primary N) is 2. The van der Waals surface area contributed by atoms with Crippen LogP contribution in [-0.4, -0.2) is 40.9 Å². The molecule has 0 radical (unpaired) electrons. The quantitative estimate of drug-likeness (QED) is 0.0439. The summed E-state index contributed by atoms with van der Waals surface area (Å²) in [5.41, 5.74) is 15.3. The number of aromatic nitrogens is 1. The van der Waals surface area contributed by atoms with Crippen LogP contribution in [0.2, 0.25) is 0 Å². The van der Waals surface area contributed by atoms with Gasteiger partial charge in [-0.3, -0.25) is 0 Å². The third-order valence-electron chi connectivity index (χ3n) is 8.29. The lowest BCUT2D eigenvalue weighted by atomic mass is 9.73. The molecular formula is C35H44N5O3-. The number of carboxylic acid groups (broad SMARTS) is 1. The zero-order chi connectivity index (χ0) is 30.6. The molecule has 0 saturated carbocycles. The Bertz CT molecular complexity index is 1450. The predicted molar refractivity (Wildman–Crippen MR) is 176 cm³/mol. The second-order valence-electron chi connectivity index (χ2n) is 11.5. The summed E-state index contributed by atoms with van der Waals surface area (Å²) in [7, 11) is 0. The molecule has 0 spiro atoms. The van der Waals surface area contributed by atoms with Gasteiger partial charge in [0, 0.05) is 12.5 Å². The van der Waals surface area contributed by atoms with Gasteiger partial charge < -0.3 is 31.7 Å². The number of carbonyl (C=O) groups is 2. The number of allylic oxidation sites excluding steroid dienone is 1. The Morgan fingerprint density at radius 3 is 2.63 bits per heavy atom. The van der Waals surface area contributed by atoms with E-state index < -0.39 is 12.0 Å². The monoisotopic (exact) mass is 582 g/mol. The second-order valence-corrected chi connectivity index (χ2v) is 11.5. The van der Waals surface area contributed by atoms with Crippen molar-refractivity contribution in [3.05, 3.63) is 88.4 Å². The summed E-state index contributed by atoms with van der Waals surface area (Å²) in [6.07, 6.45) is 17.7. The topological polar surface area (TPSA) is 149 Å². The highest BCUT2D eigenvalue weighted by atomic mass is 16.4. The van der Waals surface area contributed by atoms with Gasteiger partial charge in [0.15, 0.2) is 5.96 Å². The van der Waals surface area contributed by atoms with Gasteiger partial charge in [-0.05, 0) is 69.8 Å². The van der Waals surface area contributed by atoms with E-state index in [0.29, 0.717) is 24.2 Å². The van der Waals surface area contributed by atoms with Crippen molar-refractivity contribution < 1.29 is 14.7 Å². The van der Waals surface area contributed by atoms with Gasteiger partial charge in [-0.25, -0.2) is 9.79 Å². The molecule has 4 rings (SSSR count). The van der Waals surface area contributed by atoms with Crippen molar-refractivity contribution >= 4 is 40.9 Å². The highest BCUT2D eigenvalue weighted by molar-refractivity contribution is 5.88. The highest BCUT2D eigenvalue weighted by Crippen LogP contribution is 2.43. The first-order valence-electron chi connectivity index (χ1n) is 15.4. The zero-order valence-electron chi connectivity index (χ0n) is 25.0. The van der Waals surface area contributed by atoms with E-state index in [2.05, 4.69) is 53.3 Å². The normalized spacial score (nSPS) is 16.9. The molecule has 0 saturated heterocycles. The molecule has 0 unspecified atom stereocenters. The lowest BCUT2D eigenvalue weighted by Gasteiger charge is -2.36. The van der Waals surface area contributed by atoms with Gasteiger partial charge in [0.1, 0.15) is 6.29 Å². The van der Waals surface area contributed by atoms with Crippen LogP contribution >= 0.6 is 0 Å². The molecule has 0 aliphatic heterocycles. The summed E-state index contributed by atoms with van der Waals surface area (Å²) >= 11 is 0. The number of benzene rings is 2. The van der Waals surface area contributed by atoms with E-state index >= 15 is 0 Å². The minimum Gasteiger partial charge on any atom is -0.478 e. The zero-order valence-corrected chi connectivity index (χ0v) is 25.0. The number of nitrogens with one attached hydrogen (secondary N) is 1. The summed E-state index contributed by atoms with van der Waals surface area (Å²) in [5, 5.41) is 16.9. The number of aromatic amines is 1. The number of aldehydes is 1. The summed E-state index contributed by atoms with van der Waals surface area (Å²) in [5.74, 6) is -0.117. The minimum atomic E-state index is -1.06. The minimum absolute atomic E-state index is 0.0583. The van der Waals surface area contributed by atoms with Crippen molar-refractivity contribution in [1.29, 1.82) is 0 Å². The average Bonchev–Trinajstić information content (AvgIpc) is 3.49. The maximum Gasteiger partial charge on any atom is 0.328 e. The van der Waals surface area contributed by atoms with Crippen molar-refractivity contribution in [2.24, 2.45) is 22.4 Å². The van der Waals surface area contributed by atoms with Crippen LogP contribution in [0, 0.1) is 5.92 Å². The molecule has 6 N–H and O–H groups in total. The number of H-pyrrole nitrogens is 1. The third-order valence-corrected chi connectivity index (χ3v) is 8.29. The Balaban J connectivity index is 1.69. The van der Waals surface area contributed by atoms with Gasteiger partial charge >= 0.3 is 5.97 Å². The fourth-order valence-electron chi connectivity index (χ4n) is 6.12. The van der Waals surface area contributed by atoms with E-state index in [0.717, 1.165) is 35.5 Å². The van der Waals surface area contributed by atoms with Crippen LogP contribution in [0.4, 0.5) is 5.82 Å². The summed E-state index contributed by atoms with van der Waals surface area (Å²) in [6.45, 7) is 2.29. The van der Waals surface area contributed by atoms with Crippen LogP contribution in [0.25, 0.3) is 22.2 Å². The molecule has 0 fully saturated rings. The number of rotatable bonds is 17. The second kappa shape index (κ2) is 15.8. The van der Waals surface area contributed by atoms with E-state index in [1.54, 1.807) is 6.20 Å². The van der Waals surface area contributed by atoms with Crippen molar-refractivity contribution in [1.82, 2.24) is 4.98 Å². The predicted octanol–water partition coefficient (Wildman–Crippen LogP) is 7.14. The molecule has 3 atom stereocenters. The number of hydrogen-bond acceptors (Lipinski definition) is 3. The number of fused-ring (bicyclic) bond motifs is 2. The van der Waals surface area contributed by atoms with Crippen molar-refractivity contribution in [2.45, 2.75) is 76.7 Å². The molecule has 2 aromatic carbocycles. The van der Waals surface area contributed by atoms with E-state index in [4.69, 9.17) is 16.8 Å². The molecule has 43 heavy (non-hydrogen) atoms. The van der Waals surface area contributed by atoms with Crippen molar-refractivity contribution in [3.63, 3.8) is 0 Å². The van der Waals surface area contributed by atoms with Gasteiger partial charge in [-0.1, -0.05) is 106 Å². The Morgan fingerprint density at radius 2 is 1.91 bits per heavy atom. The summed E-state index contributed by atoms with van der Waals surface area (Å²) in [6, 6.07) is 14.1. The molecule has 1 aromatic heterocycles.